The van der Waals surface area contributed by atoms with E-state index in [0.717, 1.165) is 5.56 Å². The molecule has 1 saturated heterocycles. The molecule has 1 amide bonds. The van der Waals surface area contributed by atoms with Crippen LogP contribution in [0.4, 0.5) is 4.39 Å². The van der Waals surface area contributed by atoms with Crippen LogP contribution in [0.3, 0.4) is 0 Å². The zero-order valence-corrected chi connectivity index (χ0v) is 18.2. The number of rotatable bonds is 7. The minimum atomic E-state index is -3.53. The highest BCUT2D eigenvalue weighted by atomic mass is 35.5. The van der Waals surface area contributed by atoms with E-state index in [2.05, 4.69) is 5.32 Å². The van der Waals surface area contributed by atoms with Crippen LogP contribution in [-0.4, -0.2) is 44.9 Å². The highest BCUT2D eigenvalue weighted by molar-refractivity contribution is 7.89. The lowest BCUT2D eigenvalue weighted by atomic mass is 10.1. The number of ether oxygens (including phenoxy) is 1. The van der Waals surface area contributed by atoms with Crippen molar-refractivity contribution in [3.63, 3.8) is 0 Å². The fourth-order valence-corrected chi connectivity index (χ4v) is 4.80. The molecule has 1 aliphatic rings. The van der Waals surface area contributed by atoms with Crippen LogP contribution in [0.15, 0.2) is 47.4 Å². The van der Waals surface area contributed by atoms with Gasteiger partial charge >= 0.3 is 0 Å². The van der Waals surface area contributed by atoms with Gasteiger partial charge < -0.3 is 10.1 Å². The van der Waals surface area contributed by atoms with Gasteiger partial charge in [-0.25, -0.2) is 12.8 Å². The highest BCUT2D eigenvalue weighted by Crippen LogP contribution is 2.21. The molecule has 1 N–H and O–H groups in total. The van der Waals surface area contributed by atoms with Gasteiger partial charge in [0.25, 0.3) is 0 Å². The summed E-state index contributed by atoms with van der Waals surface area (Å²) in [6.07, 6.45) is 0.718. The number of morpholine rings is 1. The molecule has 162 valence electrons. The van der Waals surface area contributed by atoms with E-state index in [9.17, 15) is 17.6 Å². The Morgan fingerprint density at radius 1 is 1.20 bits per heavy atom. The second-order valence-corrected chi connectivity index (χ2v) is 9.47. The highest BCUT2D eigenvalue weighted by Gasteiger charge is 2.26. The lowest BCUT2D eigenvalue weighted by molar-refractivity contribution is -0.121. The van der Waals surface area contributed by atoms with Gasteiger partial charge in [-0.15, -0.1) is 0 Å². The first kappa shape index (κ1) is 22.7. The number of nitrogens with one attached hydrogen (secondary N) is 1. The topological polar surface area (TPSA) is 75.7 Å². The van der Waals surface area contributed by atoms with Crippen LogP contribution in [-0.2, 0) is 26.0 Å². The van der Waals surface area contributed by atoms with Crippen LogP contribution >= 0.6 is 11.6 Å². The molecule has 0 spiro atoms. The molecule has 3 rings (SSSR count). The Morgan fingerprint density at radius 2 is 1.87 bits per heavy atom. The van der Waals surface area contributed by atoms with E-state index >= 15 is 0 Å². The van der Waals surface area contributed by atoms with Crippen molar-refractivity contribution in [3.8, 4) is 0 Å². The molecule has 30 heavy (non-hydrogen) atoms. The third kappa shape index (κ3) is 5.57. The second kappa shape index (κ2) is 9.87. The quantitative estimate of drug-likeness (QED) is 0.696. The van der Waals surface area contributed by atoms with Crippen molar-refractivity contribution in [2.75, 3.05) is 26.3 Å². The Balaban J connectivity index is 1.54. The number of aryl methyl sites for hydroxylation is 1. The van der Waals surface area contributed by atoms with E-state index in [0.29, 0.717) is 38.3 Å². The van der Waals surface area contributed by atoms with Gasteiger partial charge in [-0.3, -0.25) is 4.79 Å². The molecule has 6 nitrogen and oxygen atoms in total. The molecule has 2 aromatic carbocycles. The Hall–Kier alpha value is -2.00. The first-order valence-corrected chi connectivity index (χ1v) is 11.5. The molecule has 0 aromatic heterocycles. The smallest absolute Gasteiger partial charge is 0.243 e. The summed E-state index contributed by atoms with van der Waals surface area (Å²) in [7, 11) is -3.53. The Morgan fingerprint density at radius 3 is 2.50 bits per heavy atom. The van der Waals surface area contributed by atoms with Crippen molar-refractivity contribution in [2.45, 2.75) is 30.7 Å². The zero-order chi connectivity index (χ0) is 21.7. The van der Waals surface area contributed by atoms with Crippen molar-refractivity contribution >= 4 is 27.5 Å². The molecular weight excluding hydrogens is 431 g/mol. The lowest BCUT2D eigenvalue weighted by Gasteiger charge is -2.26. The molecule has 0 radical (unpaired) electrons. The molecule has 1 fully saturated rings. The minimum Gasteiger partial charge on any atom is -0.379 e. The summed E-state index contributed by atoms with van der Waals surface area (Å²) in [4.78, 5) is 12.5. The zero-order valence-electron chi connectivity index (χ0n) is 16.6. The normalized spacial score (nSPS) is 16.2. The van der Waals surface area contributed by atoms with Crippen LogP contribution in [0.1, 0.15) is 30.5 Å². The molecule has 0 saturated carbocycles. The van der Waals surface area contributed by atoms with E-state index < -0.39 is 15.8 Å². The van der Waals surface area contributed by atoms with Gasteiger partial charge in [0.15, 0.2) is 0 Å². The summed E-state index contributed by atoms with van der Waals surface area (Å²) in [5, 5.41) is 2.87. The summed E-state index contributed by atoms with van der Waals surface area (Å²) >= 11 is 5.79. The first-order valence-electron chi connectivity index (χ1n) is 9.68. The Bertz CT molecular complexity index is 993. The Kier molecular flexibility index (Phi) is 7.46. The van der Waals surface area contributed by atoms with Gasteiger partial charge in [0, 0.05) is 19.5 Å². The maximum atomic E-state index is 13.3. The number of halogens is 2. The third-order valence-corrected chi connectivity index (χ3v) is 7.20. The van der Waals surface area contributed by atoms with Crippen molar-refractivity contribution in [1.82, 2.24) is 9.62 Å². The number of benzene rings is 2. The Labute approximate surface area is 181 Å². The molecule has 1 atom stereocenters. The van der Waals surface area contributed by atoms with E-state index in [1.165, 1.54) is 16.4 Å². The summed E-state index contributed by atoms with van der Waals surface area (Å²) in [5.74, 6) is -0.661. The van der Waals surface area contributed by atoms with E-state index in [1.54, 1.807) is 37.3 Å². The largest absolute Gasteiger partial charge is 0.379 e. The van der Waals surface area contributed by atoms with Gasteiger partial charge in [0.05, 0.1) is 29.2 Å². The first-order chi connectivity index (χ1) is 14.3. The average molecular weight is 455 g/mol. The SMILES string of the molecule is CC(NC(=O)CCc1ccc(S(=O)(=O)N2CCOCC2)cc1)c1ccc(F)c(Cl)c1. The summed E-state index contributed by atoms with van der Waals surface area (Å²) < 4.78 is 45.2. The summed E-state index contributed by atoms with van der Waals surface area (Å²) in [6, 6.07) is 10.6. The number of amides is 1. The van der Waals surface area contributed by atoms with Crippen molar-refractivity contribution in [1.29, 1.82) is 0 Å². The fourth-order valence-electron chi connectivity index (χ4n) is 3.20. The van der Waals surface area contributed by atoms with E-state index in [-0.39, 0.29) is 28.3 Å². The maximum absolute atomic E-state index is 13.3. The van der Waals surface area contributed by atoms with Crippen LogP contribution < -0.4 is 5.32 Å². The van der Waals surface area contributed by atoms with Gasteiger partial charge in [0.2, 0.25) is 15.9 Å². The van der Waals surface area contributed by atoms with Crippen molar-refractivity contribution < 1.29 is 22.3 Å². The number of sulfonamides is 1. The number of nitrogens with zero attached hydrogens (tertiary/aromatic N) is 1. The van der Waals surface area contributed by atoms with Crippen molar-refractivity contribution in [3.05, 3.63) is 64.4 Å². The predicted molar refractivity (Wildman–Crippen MR) is 112 cm³/mol. The van der Waals surface area contributed by atoms with Crippen LogP contribution in [0, 0.1) is 5.82 Å². The third-order valence-electron chi connectivity index (χ3n) is 4.99. The van der Waals surface area contributed by atoms with E-state index in [4.69, 9.17) is 16.3 Å². The average Bonchev–Trinajstić information content (AvgIpc) is 2.75. The molecule has 1 aliphatic heterocycles. The summed E-state index contributed by atoms with van der Waals surface area (Å²) in [5.41, 5.74) is 1.58. The van der Waals surface area contributed by atoms with E-state index in [1.807, 2.05) is 0 Å². The number of carbonyl (C=O) groups is 1. The van der Waals surface area contributed by atoms with Crippen LogP contribution in [0.25, 0.3) is 0 Å². The van der Waals surface area contributed by atoms with Gasteiger partial charge in [-0.2, -0.15) is 4.31 Å². The van der Waals surface area contributed by atoms with Gasteiger partial charge in [0.1, 0.15) is 5.82 Å². The van der Waals surface area contributed by atoms with Gasteiger partial charge in [-0.1, -0.05) is 29.8 Å². The standard InChI is InChI=1S/C21H24ClFN2O4S/c1-15(17-5-8-20(23)19(22)14-17)24-21(26)9-4-16-2-6-18(7-3-16)30(27,28)25-10-12-29-13-11-25/h2-3,5-8,14-15H,4,9-13H2,1H3,(H,24,26). The van der Waals surface area contributed by atoms with Crippen molar-refractivity contribution in [2.24, 2.45) is 0 Å². The van der Waals surface area contributed by atoms with Gasteiger partial charge in [-0.05, 0) is 48.7 Å². The molecule has 2 aromatic rings. The van der Waals surface area contributed by atoms with Crippen LogP contribution in [0.2, 0.25) is 5.02 Å². The second-order valence-electron chi connectivity index (χ2n) is 7.12. The molecule has 1 unspecified atom stereocenters. The monoisotopic (exact) mass is 454 g/mol. The number of hydrogen-bond acceptors (Lipinski definition) is 4. The molecule has 1 heterocycles. The fraction of sp³-hybridized carbons (Fsp3) is 0.381. The maximum Gasteiger partial charge on any atom is 0.243 e. The summed E-state index contributed by atoms with van der Waals surface area (Å²) in [6.45, 7) is 3.29. The van der Waals surface area contributed by atoms with Crippen LogP contribution in [0.5, 0.6) is 0 Å². The molecular formula is C21H24ClFN2O4S. The predicted octanol–water partition coefficient (Wildman–Crippen LogP) is 3.31. The molecule has 0 bridgehead atoms. The number of hydrogen-bond donors (Lipinski definition) is 1. The number of carbonyl (C=O) groups excluding carboxylic acids is 1. The minimum absolute atomic E-state index is 0.0146. The molecule has 0 aliphatic carbocycles. The molecule has 9 heteroatoms. The lowest BCUT2D eigenvalue weighted by Crippen LogP contribution is -2.40.